The van der Waals surface area contributed by atoms with Gasteiger partial charge in [-0.05, 0) is 42.9 Å². The van der Waals surface area contributed by atoms with E-state index < -0.39 is 5.97 Å². The van der Waals surface area contributed by atoms with Crippen LogP contribution in [0.4, 0.5) is 5.69 Å². The van der Waals surface area contributed by atoms with Crippen LogP contribution in [0.5, 0.6) is 0 Å². The fraction of sp³-hybridized carbons (Fsp3) is 0.333. The number of benzene rings is 1. The first kappa shape index (κ1) is 13.4. The fourth-order valence-electron chi connectivity index (χ4n) is 3.11. The third-order valence-corrected chi connectivity index (χ3v) is 4.58. The zero-order chi connectivity index (χ0) is 14.3. The van der Waals surface area contributed by atoms with Crippen LogP contribution in [0.2, 0.25) is 0 Å². The van der Waals surface area contributed by atoms with Crippen LogP contribution in [-0.2, 0) is 4.79 Å². The minimum atomic E-state index is -1.05. The molecule has 2 aliphatic carbocycles. The Bertz CT molecular complexity index is 611. The van der Waals surface area contributed by atoms with Gasteiger partial charge in [0.05, 0.1) is 11.3 Å². The molecule has 0 radical (unpaired) electrons. The van der Waals surface area contributed by atoms with Gasteiger partial charge in [-0.3, -0.25) is 4.79 Å². The van der Waals surface area contributed by atoms with Crippen LogP contribution in [0.1, 0.15) is 23.2 Å². The van der Waals surface area contributed by atoms with Gasteiger partial charge >= 0.3 is 5.97 Å². The Morgan fingerprint density at radius 3 is 2.65 bits per heavy atom. The van der Waals surface area contributed by atoms with Gasteiger partial charge in [0.2, 0.25) is 5.91 Å². The maximum absolute atomic E-state index is 12.3. The highest BCUT2D eigenvalue weighted by Gasteiger charge is 2.39. The molecular weight excluding hydrogens is 322 g/mol. The average molecular weight is 336 g/mol. The second-order valence-corrected chi connectivity index (χ2v) is 6.29. The molecule has 0 spiro atoms. The number of nitrogens with one attached hydrogen (secondary N) is 1. The monoisotopic (exact) mass is 335 g/mol. The fourth-order valence-corrected chi connectivity index (χ4v) is 3.47. The van der Waals surface area contributed by atoms with Crippen molar-refractivity contribution in [2.24, 2.45) is 17.8 Å². The molecule has 4 nitrogen and oxygen atoms in total. The normalized spacial score (nSPS) is 26.8. The lowest BCUT2D eigenvalue weighted by molar-refractivity contribution is -0.120. The Morgan fingerprint density at radius 2 is 2.05 bits per heavy atom. The third kappa shape index (κ3) is 2.38. The van der Waals surface area contributed by atoms with E-state index in [9.17, 15) is 14.7 Å². The van der Waals surface area contributed by atoms with E-state index >= 15 is 0 Å². The van der Waals surface area contributed by atoms with Gasteiger partial charge in [0.15, 0.2) is 0 Å². The van der Waals surface area contributed by atoms with Gasteiger partial charge in [-0.25, -0.2) is 4.79 Å². The predicted octanol–water partition coefficient (Wildman–Crippen LogP) is 3.30. The molecule has 1 aromatic carbocycles. The molecule has 1 amide bonds. The first-order chi connectivity index (χ1) is 9.54. The molecule has 3 rings (SSSR count). The Labute approximate surface area is 125 Å². The van der Waals surface area contributed by atoms with Gasteiger partial charge in [0, 0.05) is 10.4 Å². The molecular formula is C15H14BrNO3. The number of fused-ring (bicyclic) bond motifs is 2. The number of carboxylic acids is 1. The zero-order valence-electron chi connectivity index (χ0n) is 10.7. The molecule has 2 bridgehead atoms. The number of carbonyl (C=O) groups excluding carboxylic acids is 1. The van der Waals surface area contributed by atoms with Crippen molar-refractivity contribution in [3.63, 3.8) is 0 Å². The van der Waals surface area contributed by atoms with Crippen molar-refractivity contribution in [2.45, 2.75) is 12.8 Å². The van der Waals surface area contributed by atoms with Crippen LogP contribution in [-0.4, -0.2) is 17.0 Å². The molecule has 0 heterocycles. The molecule has 1 aromatic rings. The standard InChI is InChI=1S/C15H14BrNO3/c16-10-3-4-13(12(7-10)15(19)20)17-14(18)11-6-8-1-2-9(11)5-8/h1-4,7-9,11H,5-6H2,(H,17,18)(H,19,20). The Morgan fingerprint density at radius 1 is 1.25 bits per heavy atom. The topological polar surface area (TPSA) is 66.4 Å². The highest BCUT2D eigenvalue weighted by atomic mass is 79.9. The highest BCUT2D eigenvalue weighted by molar-refractivity contribution is 9.10. The number of hydrogen-bond acceptors (Lipinski definition) is 2. The molecule has 5 heteroatoms. The molecule has 2 N–H and O–H groups in total. The van der Waals surface area contributed by atoms with Gasteiger partial charge in [-0.15, -0.1) is 0 Å². The van der Waals surface area contributed by atoms with Crippen molar-refractivity contribution in [2.75, 3.05) is 5.32 Å². The first-order valence-corrected chi connectivity index (χ1v) is 7.36. The van der Waals surface area contributed by atoms with Crippen LogP contribution < -0.4 is 5.32 Å². The van der Waals surface area contributed by atoms with E-state index in [1.807, 2.05) is 0 Å². The van der Waals surface area contributed by atoms with Crippen LogP contribution in [0.25, 0.3) is 0 Å². The molecule has 3 unspecified atom stereocenters. The van der Waals surface area contributed by atoms with Gasteiger partial charge in [0.25, 0.3) is 0 Å². The Balaban J connectivity index is 1.79. The van der Waals surface area contributed by atoms with Crippen molar-refractivity contribution >= 4 is 33.5 Å². The lowest BCUT2D eigenvalue weighted by atomic mass is 9.92. The summed E-state index contributed by atoms with van der Waals surface area (Å²) in [4.78, 5) is 23.5. The molecule has 1 saturated carbocycles. The molecule has 3 atom stereocenters. The zero-order valence-corrected chi connectivity index (χ0v) is 12.3. The molecule has 0 saturated heterocycles. The number of rotatable bonds is 3. The summed E-state index contributed by atoms with van der Waals surface area (Å²) in [6.45, 7) is 0. The quantitative estimate of drug-likeness (QED) is 0.833. The Kier molecular flexibility index (Phi) is 3.38. The van der Waals surface area contributed by atoms with E-state index in [-0.39, 0.29) is 17.4 Å². The molecule has 0 aliphatic heterocycles. The van der Waals surface area contributed by atoms with Crippen molar-refractivity contribution in [1.29, 1.82) is 0 Å². The molecule has 20 heavy (non-hydrogen) atoms. The van der Waals surface area contributed by atoms with E-state index in [0.29, 0.717) is 22.0 Å². The minimum Gasteiger partial charge on any atom is -0.478 e. The summed E-state index contributed by atoms with van der Waals surface area (Å²) in [6, 6.07) is 4.84. The summed E-state index contributed by atoms with van der Waals surface area (Å²) in [6.07, 6.45) is 6.20. The number of carboxylic acid groups (broad SMARTS) is 1. The predicted molar refractivity (Wildman–Crippen MR) is 78.6 cm³/mol. The highest BCUT2D eigenvalue weighted by Crippen LogP contribution is 2.43. The molecule has 104 valence electrons. The summed E-state index contributed by atoms with van der Waals surface area (Å²) in [5.74, 6) is -0.334. The number of amides is 1. The van der Waals surface area contributed by atoms with E-state index in [1.54, 1.807) is 12.1 Å². The van der Waals surface area contributed by atoms with Crippen LogP contribution in [0, 0.1) is 17.8 Å². The average Bonchev–Trinajstić information content (AvgIpc) is 3.03. The Hall–Kier alpha value is -1.62. The van der Waals surface area contributed by atoms with Crippen molar-refractivity contribution in [3.05, 3.63) is 40.4 Å². The summed E-state index contributed by atoms with van der Waals surface area (Å²) in [5.41, 5.74) is 0.462. The van der Waals surface area contributed by atoms with Crippen molar-refractivity contribution < 1.29 is 14.7 Å². The van der Waals surface area contributed by atoms with Crippen LogP contribution in [0.3, 0.4) is 0 Å². The van der Waals surface area contributed by atoms with Gasteiger partial charge in [-0.1, -0.05) is 28.1 Å². The smallest absolute Gasteiger partial charge is 0.337 e. The van der Waals surface area contributed by atoms with E-state index in [1.165, 1.54) is 6.07 Å². The number of allylic oxidation sites excluding steroid dienone is 2. The second-order valence-electron chi connectivity index (χ2n) is 5.37. The van der Waals surface area contributed by atoms with E-state index in [4.69, 9.17) is 0 Å². The SMILES string of the molecule is O=C(O)c1cc(Br)ccc1NC(=O)C1CC2C=CC1C2. The maximum atomic E-state index is 12.3. The first-order valence-electron chi connectivity index (χ1n) is 6.56. The third-order valence-electron chi connectivity index (χ3n) is 4.09. The van der Waals surface area contributed by atoms with E-state index in [2.05, 4.69) is 33.4 Å². The van der Waals surface area contributed by atoms with Crippen LogP contribution >= 0.6 is 15.9 Å². The second kappa shape index (κ2) is 5.05. The number of halogens is 1. The summed E-state index contributed by atoms with van der Waals surface area (Å²) < 4.78 is 0.677. The minimum absolute atomic E-state index is 0.0321. The number of carbonyl (C=O) groups is 2. The van der Waals surface area contributed by atoms with Gasteiger partial charge < -0.3 is 10.4 Å². The van der Waals surface area contributed by atoms with Gasteiger partial charge in [0.1, 0.15) is 0 Å². The molecule has 1 fully saturated rings. The lowest BCUT2D eigenvalue weighted by Gasteiger charge is -2.18. The van der Waals surface area contributed by atoms with Gasteiger partial charge in [-0.2, -0.15) is 0 Å². The number of anilines is 1. The lowest BCUT2D eigenvalue weighted by Crippen LogP contribution is -2.26. The largest absolute Gasteiger partial charge is 0.478 e. The van der Waals surface area contributed by atoms with E-state index in [0.717, 1.165) is 12.8 Å². The molecule has 2 aliphatic rings. The number of hydrogen-bond donors (Lipinski definition) is 2. The summed E-state index contributed by atoms with van der Waals surface area (Å²) >= 11 is 3.24. The summed E-state index contributed by atoms with van der Waals surface area (Å²) in [5, 5.41) is 12.0. The van der Waals surface area contributed by atoms with Crippen molar-refractivity contribution in [3.8, 4) is 0 Å². The molecule has 0 aromatic heterocycles. The summed E-state index contributed by atoms with van der Waals surface area (Å²) in [7, 11) is 0. The van der Waals surface area contributed by atoms with Crippen molar-refractivity contribution in [1.82, 2.24) is 0 Å². The number of aromatic carboxylic acids is 1. The maximum Gasteiger partial charge on any atom is 0.337 e. The van der Waals surface area contributed by atoms with Crippen LogP contribution in [0.15, 0.2) is 34.8 Å².